The summed E-state index contributed by atoms with van der Waals surface area (Å²) >= 11 is 0. The lowest BCUT2D eigenvalue weighted by molar-refractivity contribution is 0.101. The van der Waals surface area contributed by atoms with Gasteiger partial charge >= 0.3 is 10.1 Å². The van der Waals surface area contributed by atoms with Gasteiger partial charge in [0.25, 0.3) is 0 Å². The molecule has 1 heterocycles. The van der Waals surface area contributed by atoms with Crippen molar-refractivity contribution in [3.8, 4) is 17.1 Å². The predicted molar refractivity (Wildman–Crippen MR) is 88.7 cm³/mol. The average Bonchev–Trinajstić information content (AvgIpc) is 3.02. The molecule has 0 amide bonds. The second kappa shape index (κ2) is 6.48. The van der Waals surface area contributed by atoms with E-state index >= 15 is 0 Å². The summed E-state index contributed by atoms with van der Waals surface area (Å²) in [5.41, 5.74) is 1.10. The average molecular weight is 358 g/mol. The molecule has 0 unspecified atom stereocenters. The summed E-state index contributed by atoms with van der Waals surface area (Å²) in [5, 5.41) is 3.79. The molecular weight excluding hydrogens is 344 g/mol. The summed E-state index contributed by atoms with van der Waals surface area (Å²) in [6.07, 6.45) is 0. The molecule has 3 aromatic rings. The van der Waals surface area contributed by atoms with Gasteiger partial charge in [0.15, 0.2) is 5.78 Å². The second-order valence-corrected chi connectivity index (χ2v) is 6.83. The van der Waals surface area contributed by atoms with Crippen LogP contribution in [0.3, 0.4) is 0 Å². The van der Waals surface area contributed by atoms with Crippen molar-refractivity contribution in [1.29, 1.82) is 0 Å². The molecule has 2 aromatic carbocycles. The molecule has 25 heavy (non-hydrogen) atoms. The Morgan fingerprint density at radius 3 is 2.20 bits per heavy atom. The minimum atomic E-state index is -3.99. The Hall–Kier alpha value is -3.00. The Morgan fingerprint density at radius 2 is 1.68 bits per heavy atom. The maximum atomic E-state index is 12.3. The SMILES string of the molecule is CC(=O)c1ccc(S(=O)(=O)Oc2ccc(-c3noc(C)n3)cc2)cc1. The lowest BCUT2D eigenvalue weighted by atomic mass is 10.2. The van der Waals surface area contributed by atoms with E-state index in [9.17, 15) is 13.2 Å². The molecule has 0 saturated carbocycles. The lowest BCUT2D eigenvalue weighted by Gasteiger charge is -2.07. The highest BCUT2D eigenvalue weighted by Crippen LogP contribution is 2.23. The van der Waals surface area contributed by atoms with Crippen molar-refractivity contribution in [3.05, 3.63) is 60.0 Å². The van der Waals surface area contributed by atoms with Crippen molar-refractivity contribution >= 4 is 15.9 Å². The van der Waals surface area contributed by atoms with Crippen LogP contribution >= 0.6 is 0 Å². The molecule has 0 fully saturated rings. The van der Waals surface area contributed by atoms with E-state index < -0.39 is 10.1 Å². The van der Waals surface area contributed by atoms with Crippen molar-refractivity contribution in [2.24, 2.45) is 0 Å². The Bertz CT molecular complexity index is 1010. The maximum Gasteiger partial charge on any atom is 0.339 e. The fraction of sp³-hybridized carbons (Fsp3) is 0.118. The van der Waals surface area contributed by atoms with E-state index in [2.05, 4.69) is 10.1 Å². The molecule has 1 aromatic heterocycles. The van der Waals surface area contributed by atoms with Crippen LogP contribution in [-0.2, 0) is 10.1 Å². The standard InChI is InChI=1S/C17H14N2O5S/c1-11(20)13-5-9-16(10-6-13)25(21,22)24-15-7-3-14(4-8-15)17-18-12(2)23-19-17/h3-10H,1-2H3. The van der Waals surface area contributed by atoms with Crippen LogP contribution < -0.4 is 4.18 Å². The van der Waals surface area contributed by atoms with Crippen LogP contribution in [0.1, 0.15) is 23.2 Å². The van der Waals surface area contributed by atoms with Crippen LogP contribution in [0.15, 0.2) is 57.9 Å². The number of hydrogen-bond acceptors (Lipinski definition) is 7. The minimum Gasteiger partial charge on any atom is -0.379 e. The minimum absolute atomic E-state index is 0.0321. The van der Waals surface area contributed by atoms with Crippen LogP contribution in [0.4, 0.5) is 0 Å². The third kappa shape index (κ3) is 3.74. The molecule has 0 atom stereocenters. The number of nitrogens with zero attached hydrogens (tertiary/aromatic N) is 2. The van der Waals surface area contributed by atoms with E-state index in [1.807, 2.05) is 0 Å². The lowest BCUT2D eigenvalue weighted by Crippen LogP contribution is -2.10. The van der Waals surface area contributed by atoms with E-state index in [0.29, 0.717) is 22.8 Å². The highest BCUT2D eigenvalue weighted by Gasteiger charge is 2.17. The zero-order valence-electron chi connectivity index (χ0n) is 13.5. The Morgan fingerprint density at radius 1 is 1.04 bits per heavy atom. The van der Waals surface area contributed by atoms with E-state index in [1.54, 1.807) is 19.1 Å². The first-order valence-electron chi connectivity index (χ1n) is 7.31. The van der Waals surface area contributed by atoms with Crippen LogP contribution in [0.25, 0.3) is 11.4 Å². The molecule has 0 N–H and O–H groups in total. The number of benzene rings is 2. The normalized spacial score (nSPS) is 11.3. The van der Waals surface area contributed by atoms with Crippen molar-refractivity contribution in [3.63, 3.8) is 0 Å². The quantitative estimate of drug-likeness (QED) is 0.510. The molecule has 0 radical (unpaired) electrons. The summed E-state index contributed by atoms with van der Waals surface area (Å²) in [7, 11) is -3.99. The summed E-state index contributed by atoms with van der Waals surface area (Å²) in [6.45, 7) is 3.09. The number of rotatable bonds is 5. The van der Waals surface area contributed by atoms with Gasteiger partial charge in [0, 0.05) is 18.1 Å². The second-order valence-electron chi connectivity index (χ2n) is 5.28. The highest BCUT2D eigenvalue weighted by molar-refractivity contribution is 7.87. The van der Waals surface area contributed by atoms with Crippen LogP contribution in [0, 0.1) is 6.92 Å². The number of hydrogen-bond donors (Lipinski definition) is 0. The van der Waals surface area contributed by atoms with E-state index in [0.717, 1.165) is 0 Å². The fourth-order valence-electron chi connectivity index (χ4n) is 2.11. The van der Waals surface area contributed by atoms with Crippen molar-refractivity contribution in [1.82, 2.24) is 10.1 Å². The molecule has 0 spiro atoms. The van der Waals surface area contributed by atoms with Gasteiger partial charge in [0.2, 0.25) is 11.7 Å². The third-order valence-corrected chi connectivity index (χ3v) is 4.66. The largest absolute Gasteiger partial charge is 0.379 e. The fourth-order valence-corrected chi connectivity index (χ4v) is 3.04. The van der Waals surface area contributed by atoms with Crippen LogP contribution in [0.5, 0.6) is 5.75 Å². The zero-order chi connectivity index (χ0) is 18.0. The van der Waals surface area contributed by atoms with Gasteiger partial charge in [-0.1, -0.05) is 17.3 Å². The summed E-state index contributed by atoms with van der Waals surface area (Å²) in [6, 6.07) is 11.8. The molecule has 0 aliphatic rings. The van der Waals surface area contributed by atoms with Gasteiger partial charge in [-0.2, -0.15) is 13.4 Å². The van der Waals surface area contributed by atoms with Gasteiger partial charge in [-0.15, -0.1) is 0 Å². The Balaban J connectivity index is 1.79. The van der Waals surface area contributed by atoms with Crippen molar-refractivity contribution in [2.75, 3.05) is 0 Å². The number of aromatic nitrogens is 2. The number of Topliss-reactive ketones (excluding diaryl/α,β-unsaturated/α-hetero) is 1. The first-order chi connectivity index (χ1) is 11.8. The number of carbonyl (C=O) groups is 1. The van der Waals surface area contributed by atoms with Gasteiger partial charge in [-0.05, 0) is 43.3 Å². The summed E-state index contributed by atoms with van der Waals surface area (Å²) in [5.74, 6) is 0.857. The smallest absolute Gasteiger partial charge is 0.339 e. The summed E-state index contributed by atoms with van der Waals surface area (Å²) < 4.78 is 34.6. The van der Waals surface area contributed by atoms with Crippen LogP contribution in [0.2, 0.25) is 0 Å². The van der Waals surface area contributed by atoms with Crippen LogP contribution in [-0.4, -0.2) is 24.3 Å². The van der Waals surface area contributed by atoms with E-state index in [-0.39, 0.29) is 16.4 Å². The Kier molecular flexibility index (Phi) is 4.37. The van der Waals surface area contributed by atoms with E-state index in [4.69, 9.17) is 8.71 Å². The molecule has 0 bridgehead atoms. The number of aryl methyl sites for hydroxylation is 1. The monoisotopic (exact) mass is 358 g/mol. The zero-order valence-corrected chi connectivity index (χ0v) is 14.3. The molecular formula is C17H14N2O5S. The van der Waals surface area contributed by atoms with Crippen molar-refractivity contribution < 1.29 is 21.9 Å². The summed E-state index contributed by atoms with van der Waals surface area (Å²) in [4.78, 5) is 15.3. The van der Waals surface area contributed by atoms with Gasteiger partial charge in [0.05, 0.1) is 0 Å². The van der Waals surface area contributed by atoms with Gasteiger partial charge < -0.3 is 8.71 Å². The van der Waals surface area contributed by atoms with E-state index in [1.165, 1.54) is 43.3 Å². The Labute approximate surface area is 144 Å². The first kappa shape index (κ1) is 16.8. The molecule has 0 aliphatic carbocycles. The van der Waals surface area contributed by atoms with Gasteiger partial charge in [0.1, 0.15) is 10.6 Å². The van der Waals surface area contributed by atoms with Gasteiger partial charge in [-0.25, -0.2) is 0 Å². The molecule has 3 rings (SSSR count). The number of ketones is 1. The third-order valence-electron chi connectivity index (χ3n) is 3.40. The topological polar surface area (TPSA) is 99.4 Å². The highest BCUT2D eigenvalue weighted by atomic mass is 32.2. The van der Waals surface area contributed by atoms with Crippen molar-refractivity contribution in [2.45, 2.75) is 18.7 Å². The molecule has 128 valence electrons. The molecule has 0 aliphatic heterocycles. The number of carbonyl (C=O) groups excluding carboxylic acids is 1. The maximum absolute atomic E-state index is 12.3. The molecule has 7 nitrogen and oxygen atoms in total. The van der Waals surface area contributed by atoms with Gasteiger partial charge in [-0.3, -0.25) is 4.79 Å². The molecule has 8 heteroatoms. The first-order valence-corrected chi connectivity index (χ1v) is 8.72. The molecule has 0 saturated heterocycles. The predicted octanol–water partition coefficient (Wildman–Crippen LogP) is 3.02.